The fraction of sp³-hybridized carbons (Fsp3) is 0.632. The minimum atomic E-state index is -0.366. The van der Waals surface area contributed by atoms with Crippen LogP contribution >= 0.6 is 0 Å². The number of hydrogen-bond donors (Lipinski definition) is 1. The molecule has 22 heavy (non-hydrogen) atoms. The first-order valence-corrected chi connectivity index (χ1v) is 8.71. The molecule has 0 bridgehead atoms. The maximum absolute atomic E-state index is 11.6. The molecule has 0 fully saturated rings. The van der Waals surface area contributed by atoms with Gasteiger partial charge in [-0.05, 0) is 30.5 Å². The van der Waals surface area contributed by atoms with Crippen molar-refractivity contribution in [1.82, 2.24) is 5.06 Å². The molecule has 1 N–H and O–H groups in total. The number of carbonyl (C=O) groups is 1. The van der Waals surface area contributed by atoms with E-state index in [1.165, 1.54) is 70.4 Å². The van der Waals surface area contributed by atoms with Crippen LogP contribution in [0.2, 0.25) is 0 Å². The zero-order valence-corrected chi connectivity index (χ0v) is 14.2. The number of benzene rings is 1. The molecule has 1 rings (SSSR count). The second-order valence-corrected chi connectivity index (χ2v) is 6.10. The van der Waals surface area contributed by atoms with Crippen molar-refractivity contribution in [1.29, 1.82) is 0 Å². The van der Waals surface area contributed by atoms with Crippen LogP contribution in [0.3, 0.4) is 0 Å². The van der Waals surface area contributed by atoms with Gasteiger partial charge in [0, 0.05) is 12.6 Å². The largest absolute Gasteiger partial charge is 0.286 e. The molecule has 1 amide bonds. The third-order valence-electron chi connectivity index (χ3n) is 4.06. The monoisotopic (exact) mass is 305 g/mol. The summed E-state index contributed by atoms with van der Waals surface area (Å²) in [5.41, 5.74) is 1.79. The highest BCUT2D eigenvalue weighted by atomic mass is 16.5. The van der Waals surface area contributed by atoms with Crippen LogP contribution in [0, 0.1) is 0 Å². The first-order valence-electron chi connectivity index (χ1n) is 8.71. The lowest BCUT2D eigenvalue weighted by Crippen LogP contribution is -2.22. The highest BCUT2D eigenvalue weighted by Crippen LogP contribution is 2.13. The Morgan fingerprint density at radius 2 is 1.41 bits per heavy atom. The Morgan fingerprint density at radius 3 is 1.91 bits per heavy atom. The summed E-state index contributed by atoms with van der Waals surface area (Å²) in [5.74, 6) is -0.366. The van der Waals surface area contributed by atoms with E-state index in [0.717, 1.165) is 6.42 Å². The van der Waals surface area contributed by atoms with Crippen molar-refractivity contribution in [2.24, 2.45) is 0 Å². The van der Waals surface area contributed by atoms with Crippen molar-refractivity contribution in [2.75, 3.05) is 7.05 Å². The molecule has 0 aromatic heterocycles. The highest BCUT2D eigenvalue weighted by molar-refractivity contribution is 5.93. The minimum absolute atomic E-state index is 0.366. The smallest absolute Gasteiger partial charge is 0.276 e. The van der Waals surface area contributed by atoms with Gasteiger partial charge in [-0.25, -0.2) is 5.06 Å². The van der Waals surface area contributed by atoms with Gasteiger partial charge >= 0.3 is 0 Å². The molecule has 3 nitrogen and oxygen atoms in total. The second kappa shape index (κ2) is 11.2. The molecule has 0 aliphatic heterocycles. The Labute approximate surface area is 135 Å². The molecule has 0 aliphatic carbocycles. The maximum Gasteiger partial charge on any atom is 0.276 e. The molecule has 0 unspecified atom stereocenters. The number of nitrogens with zero attached hydrogens (tertiary/aromatic N) is 1. The molecule has 0 aliphatic rings. The van der Waals surface area contributed by atoms with E-state index >= 15 is 0 Å². The second-order valence-electron chi connectivity index (χ2n) is 6.10. The summed E-state index contributed by atoms with van der Waals surface area (Å²) in [6.07, 6.45) is 13.1. The van der Waals surface area contributed by atoms with Crippen LogP contribution in [0.5, 0.6) is 0 Å². The molecule has 0 radical (unpaired) electrons. The predicted octanol–water partition coefficient (Wildman–Crippen LogP) is 5.22. The highest BCUT2D eigenvalue weighted by Gasteiger charge is 2.08. The predicted molar refractivity (Wildman–Crippen MR) is 91.3 cm³/mol. The van der Waals surface area contributed by atoms with Gasteiger partial charge in [0.05, 0.1) is 0 Å². The van der Waals surface area contributed by atoms with Crippen molar-refractivity contribution >= 4 is 5.91 Å². The van der Waals surface area contributed by atoms with Gasteiger partial charge in [-0.3, -0.25) is 10.0 Å². The lowest BCUT2D eigenvalue weighted by Gasteiger charge is -2.08. The maximum atomic E-state index is 11.6. The third kappa shape index (κ3) is 7.60. The summed E-state index contributed by atoms with van der Waals surface area (Å²) >= 11 is 0. The molecule has 1 aromatic rings. The number of unbranched alkanes of at least 4 members (excludes halogenated alkanes) is 8. The SMILES string of the molecule is CCCCCCCCCCCc1ccc(C(=O)N(C)O)cc1. The van der Waals surface area contributed by atoms with Gasteiger partial charge in [0.15, 0.2) is 0 Å². The van der Waals surface area contributed by atoms with Crippen molar-refractivity contribution in [3.8, 4) is 0 Å². The fourth-order valence-corrected chi connectivity index (χ4v) is 2.64. The van der Waals surface area contributed by atoms with Crippen LogP contribution < -0.4 is 0 Å². The Bertz CT molecular complexity index is 412. The van der Waals surface area contributed by atoms with Gasteiger partial charge in [-0.2, -0.15) is 0 Å². The lowest BCUT2D eigenvalue weighted by molar-refractivity contribution is -0.0374. The van der Waals surface area contributed by atoms with Crippen LogP contribution in [-0.4, -0.2) is 23.2 Å². The van der Waals surface area contributed by atoms with Crippen LogP contribution in [0.25, 0.3) is 0 Å². The number of hydrogen-bond acceptors (Lipinski definition) is 2. The summed E-state index contributed by atoms with van der Waals surface area (Å²) < 4.78 is 0. The van der Waals surface area contributed by atoms with E-state index in [-0.39, 0.29) is 5.91 Å². The molecule has 0 heterocycles. The first-order chi connectivity index (χ1) is 10.6. The summed E-state index contributed by atoms with van der Waals surface area (Å²) in [6, 6.07) is 7.55. The van der Waals surface area contributed by atoms with Gasteiger partial charge in [0.2, 0.25) is 0 Å². The Balaban J connectivity index is 2.11. The molecule has 0 atom stereocenters. The zero-order chi connectivity index (χ0) is 16.2. The van der Waals surface area contributed by atoms with Gasteiger partial charge < -0.3 is 0 Å². The van der Waals surface area contributed by atoms with Gasteiger partial charge in [0.1, 0.15) is 0 Å². The third-order valence-corrected chi connectivity index (χ3v) is 4.06. The number of hydroxylamine groups is 2. The molecule has 3 heteroatoms. The topological polar surface area (TPSA) is 40.5 Å². The van der Waals surface area contributed by atoms with E-state index in [1.807, 2.05) is 12.1 Å². The Morgan fingerprint density at radius 1 is 0.909 bits per heavy atom. The quantitative estimate of drug-likeness (QED) is 0.346. The summed E-state index contributed by atoms with van der Waals surface area (Å²) in [5, 5.41) is 9.74. The molecule has 124 valence electrons. The van der Waals surface area contributed by atoms with Crippen LogP contribution in [0.15, 0.2) is 24.3 Å². The van der Waals surface area contributed by atoms with Gasteiger partial charge in [-0.15, -0.1) is 0 Å². The number of rotatable bonds is 11. The first kappa shape index (κ1) is 18.7. The Hall–Kier alpha value is -1.35. The van der Waals surface area contributed by atoms with Gasteiger partial charge in [-0.1, -0.05) is 70.4 Å². The lowest BCUT2D eigenvalue weighted by atomic mass is 10.0. The molecule has 0 spiro atoms. The van der Waals surface area contributed by atoms with E-state index in [1.54, 1.807) is 12.1 Å². The molecule has 0 saturated carbocycles. The number of aryl methyl sites for hydroxylation is 1. The van der Waals surface area contributed by atoms with E-state index in [4.69, 9.17) is 5.21 Å². The number of amides is 1. The molecule has 0 saturated heterocycles. The average molecular weight is 305 g/mol. The van der Waals surface area contributed by atoms with Crippen LogP contribution in [-0.2, 0) is 6.42 Å². The van der Waals surface area contributed by atoms with Crippen molar-refractivity contribution in [3.63, 3.8) is 0 Å². The van der Waals surface area contributed by atoms with E-state index in [9.17, 15) is 4.79 Å². The van der Waals surface area contributed by atoms with Gasteiger partial charge in [0.25, 0.3) is 5.91 Å². The van der Waals surface area contributed by atoms with Crippen molar-refractivity contribution < 1.29 is 10.0 Å². The number of carbonyl (C=O) groups excluding carboxylic acids is 1. The van der Waals surface area contributed by atoms with E-state index < -0.39 is 0 Å². The summed E-state index contributed by atoms with van der Waals surface area (Å²) in [4.78, 5) is 11.6. The summed E-state index contributed by atoms with van der Waals surface area (Å²) in [7, 11) is 1.35. The summed E-state index contributed by atoms with van der Waals surface area (Å²) in [6.45, 7) is 2.25. The minimum Gasteiger partial charge on any atom is -0.286 e. The van der Waals surface area contributed by atoms with Crippen molar-refractivity contribution in [2.45, 2.75) is 71.1 Å². The average Bonchev–Trinajstić information content (AvgIpc) is 2.53. The molecular formula is C19H31NO2. The molecule has 1 aromatic carbocycles. The fourth-order valence-electron chi connectivity index (χ4n) is 2.64. The van der Waals surface area contributed by atoms with E-state index in [0.29, 0.717) is 10.6 Å². The standard InChI is InChI=1S/C19H31NO2/c1-3-4-5-6-7-8-9-10-11-12-17-13-15-18(16-14-17)19(21)20(2)22/h13-16,22H,3-12H2,1-2H3. The molecular weight excluding hydrogens is 274 g/mol. The van der Waals surface area contributed by atoms with Crippen LogP contribution in [0.1, 0.15) is 80.6 Å². The normalized spacial score (nSPS) is 10.7. The van der Waals surface area contributed by atoms with Crippen molar-refractivity contribution in [3.05, 3.63) is 35.4 Å². The van der Waals surface area contributed by atoms with Crippen LogP contribution in [0.4, 0.5) is 0 Å². The zero-order valence-electron chi connectivity index (χ0n) is 14.2. The Kier molecular flexibility index (Phi) is 9.56. The van der Waals surface area contributed by atoms with E-state index in [2.05, 4.69) is 6.92 Å².